The van der Waals surface area contributed by atoms with Crippen LogP contribution in [0.15, 0.2) is 24.3 Å². The molecule has 1 amide bonds. The molecule has 0 fully saturated rings. The number of benzene rings is 1. The van der Waals surface area contributed by atoms with Gasteiger partial charge in [-0.05, 0) is 24.2 Å². The fourth-order valence-electron chi connectivity index (χ4n) is 1.17. The van der Waals surface area contributed by atoms with E-state index in [1.807, 2.05) is 0 Å². The Balaban J connectivity index is 2.35. The van der Waals surface area contributed by atoms with Gasteiger partial charge in [0.05, 0.1) is 6.61 Å². The average Bonchev–Trinajstić information content (AvgIpc) is 2.15. The lowest BCUT2D eigenvalue weighted by Crippen LogP contribution is -2.24. The highest BCUT2D eigenvalue weighted by Crippen LogP contribution is 2.11. The molecule has 1 rings (SSSR count). The van der Waals surface area contributed by atoms with Crippen molar-refractivity contribution in [1.29, 1.82) is 0 Å². The molecule has 0 saturated heterocycles. The number of nitrogens with one attached hydrogen (secondary N) is 1. The molecule has 0 aliphatic heterocycles. The molecule has 17 heavy (non-hydrogen) atoms. The zero-order valence-electron chi connectivity index (χ0n) is 10.4. The van der Waals surface area contributed by atoms with Gasteiger partial charge in [-0.15, -0.1) is 0 Å². The lowest BCUT2D eigenvalue weighted by molar-refractivity contribution is 0.167. The summed E-state index contributed by atoms with van der Waals surface area (Å²) < 4.78 is 17.9. The first kappa shape index (κ1) is 13.7. The van der Waals surface area contributed by atoms with Crippen LogP contribution in [0.3, 0.4) is 0 Å². The van der Waals surface area contributed by atoms with Crippen LogP contribution >= 0.6 is 0 Å². The fraction of sp³-hybridized carbons (Fsp3) is 0.417. The van der Waals surface area contributed by atoms with Gasteiger partial charge < -0.3 is 4.74 Å². The van der Waals surface area contributed by atoms with E-state index in [2.05, 4.69) is 25.0 Å². The van der Waals surface area contributed by atoms with Crippen LogP contribution in [0.4, 0.5) is 14.9 Å². The largest absolute Gasteiger partial charge is 0.450 e. The number of carbonyl (C=O) groups is 1. The van der Waals surface area contributed by atoms with Gasteiger partial charge >= 0.3 is 6.09 Å². The summed E-state index contributed by atoms with van der Waals surface area (Å²) in [4.78, 5) is 11.4. The Kier molecular flexibility index (Phi) is 4.69. The summed E-state index contributed by atoms with van der Waals surface area (Å²) in [6.07, 6.45) is -0.533. The Morgan fingerprint density at radius 2 is 2.12 bits per heavy atom. The molecule has 1 aromatic carbocycles. The zero-order valence-corrected chi connectivity index (χ0v) is 11.4. The van der Waals surface area contributed by atoms with Crippen molar-refractivity contribution in [2.75, 3.05) is 11.9 Å². The molecular weight excluding hydrogens is 237 g/mol. The fourth-order valence-corrected chi connectivity index (χ4v) is 1.88. The van der Waals surface area contributed by atoms with E-state index in [0.717, 1.165) is 6.04 Å². The molecule has 0 atom stereocenters. The predicted molar refractivity (Wildman–Crippen MR) is 69.5 cm³/mol. The Morgan fingerprint density at radius 3 is 2.71 bits per heavy atom. The molecule has 0 unspecified atom stereocenters. The SMILES string of the molecule is C[Si](C)(C)CCOC(=O)Nc1cccc(F)c1. The maximum Gasteiger partial charge on any atom is 0.411 e. The minimum atomic E-state index is -1.19. The van der Waals surface area contributed by atoms with Crippen molar-refractivity contribution in [2.24, 2.45) is 0 Å². The summed E-state index contributed by atoms with van der Waals surface area (Å²) in [7, 11) is -1.19. The van der Waals surface area contributed by atoms with E-state index >= 15 is 0 Å². The number of halogens is 1. The maximum absolute atomic E-state index is 12.8. The van der Waals surface area contributed by atoms with Crippen LogP contribution in [0.25, 0.3) is 0 Å². The average molecular weight is 255 g/mol. The second-order valence-corrected chi connectivity index (χ2v) is 10.7. The molecule has 0 bridgehead atoms. The molecule has 1 aromatic rings. The predicted octanol–water partition coefficient (Wildman–Crippen LogP) is 3.71. The zero-order chi connectivity index (χ0) is 12.9. The highest BCUT2D eigenvalue weighted by atomic mass is 28.3. The van der Waals surface area contributed by atoms with E-state index in [1.165, 1.54) is 18.2 Å². The van der Waals surface area contributed by atoms with Crippen molar-refractivity contribution < 1.29 is 13.9 Å². The van der Waals surface area contributed by atoms with Gasteiger partial charge in [-0.3, -0.25) is 5.32 Å². The molecule has 0 aliphatic rings. The van der Waals surface area contributed by atoms with Gasteiger partial charge in [0.25, 0.3) is 0 Å². The molecule has 0 heterocycles. The maximum atomic E-state index is 12.8. The van der Waals surface area contributed by atoms with Gasteiger partial charge in [0.1, 0.15) is 5.82 Å². The lowest BCUT2D eigenvalue weighted by atomic mass is 10.3. The smallest absolute Gasteiger partial charge is 0.411 e. The van der Waals surface area contributed by atoms with Crippen LogP contribution in [0.2, 0.25) is 25.7 Å². The number of hydrogen-bond donors (Lipinski definition) is 1. The summed E-state index contributed by atoms with van der Waals surface area (Å²) in [5, 5.41) is 2.48. The molecule has 0 saturated carbocycles. The highest BCUT2D eigenvalue weighted by Gasteiger charge is 2.13. The van der Waals surface area contributed by atoms with Crippen molar-refractivity contribution in [2.45, 2.75) is 25.7 Å². The van der Waals surface area contributed by atoms with Gasteiger partial charge in [-0.2, -0.15) is 0 Å². The second-order valence-electron chi connectivity index (χ2n) is 5.08. The Morgan fingerprint density at radius 1 is 1.41 bits per heavy atom. The summed E-state index contributed by atoms with van der Waals surface area (Å²) in [6.45, 7) is 7.04. The molecule has 0 aromatic heterocycles. The lowest BCUT2D eigenvalue weighted by Gasteiger charge is -2.15. The first-order valence-electron chi connectivity index (χ1n) is 5.56. The van der Waals surface area contributed by atoms with E-state index in [0.29, 0.717) is 12.3 Å². The minimum Gasteiger partial charge on any atom is -0.450 e. The number of carbonyl (C=O) groups excluding carboxylic acids is 1. The molecule has 0 spiro atoms. The van der Waals surface area contributed by atoms with Gasteiger partial charge in [0.2, 0.25) is 0 Å². The molecule has 5 heteroatoms. The van der Waals surface area contributed by atoms with Crippen molar-refractivity contribution in [3.63, 3.8) is 0 Å². The summed E-state index contributed by atoms with van der Waals surface area (Å²) in [5.74, 6) is -0.384. The third kappa shape index (κ3) is 6.06. The normalized spacial score (nSPS) is 11.1. The van der Waals surface area contributed by atoms with E-state index < -0.39 is 14.2 Å². The standard InChI is InChI=1S/C12H18FNO2Si/c1-17(2,3)8-7-16-12(15)14-11-6-4-5-10(13)9-11/h4-6,9H,7-8H2,1-3H3,(H,14,15). The first-order valence-corrected chi connectivity index (χ1v) is 9.27. The van der Waals surface area contributed by atoms with Crippen molar-refractivity contribution in [1.82, 2.24) is 0 Å². The molecule has 0 aliphatic carbocycles. The third-order valence-electron chi connectivity index (χ3n) is 2.16. The molecule has 94 valence electrons. The second kappa shape index (κ2) is 5.81. The van der Waals surface area contributed by atoms with Crippen LogP contribution in [0.1, 0.15) is 0 Å². The summed E-state index contributed by atoms with van der Waals surface area (Å²) in [5.41, 5.74) is 0.406. The minimum absolute atomic E-state index is 0.384. The number of rotatable bonds is 4. The van der Waals surface area contributed by atoms with Crippen LogP contribution in [-0.4, -0.2) is 20.8 Å². The van der Waals surface area contributed by atoms with E-state index in [1.54, 1.807) is 6.07 Å². The Hall–Kier alpha value is -1.36. The van der Waals surface area contributed by atoms with Crippen LogP contribution in [-0.2, 0) is 4.74 Å². The monoisotopic (exact) mass is 255 g/mol. The van der Waals surface area contributed by atoms with Crippen LogP contribution in [0, 0.1) is 5.82 Å². The number of amides is 1. The molecule has 1 N–H and O–H groups in total. The topological polar surface area (TPSA) is 38.3 Å². The number of anilines is 1. The van der Waals surface area contributed by atoms with E-state index in [9.17, 15) is 9.18 Å². The molecule has 0 radical (unpaired) electrons. The first-order chi connectivity index (χ1) is 7.87. The van der Waals surface area contributed by atoms with Crippen molar-refractivity contribution >= 4 is 19.9 Å². The van der Waals surface area contributed by atoms with E-state index in [4.69, 9.17) is 4.74 Å². The van der Waals surface area contributed by atoms with Gasteiger partial charge in [0.15, 0.2) is 0 Å². The Bertz CT molecular complexity index is 390. The van der Waals surface area contributed by atoms with Crippen molar-refractivity contribution in [3.05, 3.63) is 30.1 Å². The van der Waals surface area contributed by atoms with Crippen LogP contribution < -0.4 is 5.32 Å². The highest BCUT2D eigenvalue weighted by molar-refractivity contribution is 6.76. The number of hydrogen-bond acceptors (Lipinski definition) is 2. The summed E-state index contributed by atoms with van der Waals surface area (Å²) in [6, 6.07) is 6.64. The third-order valence-corrected chi connectivity index (χ3v) is 3.86. The van der Waals surface area contributed by atoms with Crippen LogP contribution in [0.5, 0.6) is 0 Å². The van der Waals surface area contributed by atoms with E-state index in [-0.39, 0.29) is 5.82 Å². The molecular formula is C12H18FNO2Si. The van der Waals surface area contributed by atoms with Gasteiger partial charge in [0, 0.05) is 13.8 Å². The van der Waals surface area contributed by atoms with Gasteiger partial charge in [-0.25, -0.2) is 9.18 Å². The number of ether oxygens (including phenoxy) is 1. The Labute approximate surface area is 102 Å². The van der Waals surface area contributed by atoms with Gasteiger partial charge in [-0.1, -0.05) is 25.7 Å². The quantitative estimate of drug-likeness (QED) is 0.833. The summed E-state index contributed by atoms with van der Waals surface area (Å²) >= 11 is 0. The molecule has 3 nitrogen and oxygen atoms in total. The van der Waals surface area contributed by atoms with Crippen molar-refractivity contribution in [3.8, 4) is 0 Å².